The van der Waals surface area contributed by atoms with Crippen molar-refractivity contribution in [3.05, 3.63) is 59.1 Å². The maximum Gasteiger partial charge on any atom is 0.250 e. The van der Waals surface area contributed by atoms with Crippen molar-refractivity contribution in [3.63, 3.8) is 0 Å². The third-order valence-electron chi connectivity index (χ3n) is 4.82. The van der Waals surface area contributed by atoms with Crippen LogP contribution >= 0.6 is 11.6 Å². The lowest BCUT2D eigenvalue weighted by molar-refractivity contribution is -0.125. The minimum Gasteiger partial charge on any atom is -0.491 e. The number of hydrogen-bond acceptors (Lipinski definition) is 6. The topological polar surface area (TPSA) is 109 Å². The Morgan fingerprint density at radius 3 is 2.35 bits per heavy atom. The molecule has 0 bridgehead atoms. The molecule has 1 amide bonds. The standard InChI is InChI=1S/C21H27ClN4O4S/c1-13(2)30-18-10-4-15(5-11-18)12-23-20(27)19-14(3)24-25-21(19)31(28,29)26-17-8-6-16(22)7-9-17/h4-11,13-14,19,21,24-26H,12H2,1-3H3,(H,23,27). The number of halogens is 1. The number of benzene rings is 2. The lowest BCUT2D eigenvalue weighted by atomic mass is 10.0. The molecule has 31 heavy (non-hydrogen) atoms. The van der Waals surface area contributed by atoms with E-state index in [1.54, 1.807) is 31.2 Å². The van der Waals surface area contributed by atoms with E-state index in [9.17, 15) is 13.2 Å². The monoisotopic (exact) mass is 466 g/mol. The first-order valence-corrected chi connectivity index (χ1v) is 11.9. The van der Waals surface area contributed by atoms with Crippen LogP contribution in [0.25, 0.3) is 0 Å². The molecular formula is C21H27ClN4O4S. The molecule has 0 radical (unpaired) electrons. The summed E-state index contributed by atoms with van der Waals surface area (Å²) in [7, 11) is -3.90. The van der Waals surface area contributed by atoms with Crippen molar-refractivity contribution < 1.29 is 17.9 Å². The van der Waals surface area contributed by atoms with Crippen molar-refractivity contribution in [1.82, 2.24) is 16.2 Å². The summed E-state index contributed by atoms with van der Waals surface area (Å²) in [6.45, 7) is 5.94. The third kappa shape index (κ3) is 6.10. The Labute approximate surface area is 187 Å². The lowest BCUT2D eigenvalue weighted by Gasteiger charge is -2.21. The highest BCUT2D eigenvalue weighted by atomic mass is 35.5. The van der Waals surface area contributed by atoms with Crippen LogP contribution in [0.2, 0.25) is 5.02 Å². The van der Waals surface area contributed by atoms with Crippen LogP contribution in [0.4, 0.5) is 5.69 Å². The number of anilines is 1. The molecule has 3 atom stereocenters. The highest BCUT2D eigenvalue weighted by molar-refractivity contribution is 7.93. The van der Waals surface area contributed by atoms with Crippen molar-refractivity contribution >= 4 is 33.2 Å². The quantitative estimate of drug-likeness (QED) is 0.476. The number of carbonyl (C=O) groups is 1. The Morgan fingerprint density at radius 1 is 1.10 bits per heavy atom. The van der Waals surface area contributed by atoms with Gasteiger partial charge in [-0.2, -0.15) is 0 Å². The van der Waals surface area contributed by atoms with E-state index >= 15 is 0 Å². The molecule has 2 aromatic rings. The summed E-state index contributed by atoms with van der Waals surface area (Å²) < 4.78 is 33.9. The minimum absolute atomic E-state index is 0.0785. The molecule has 1 saturated heterocycles. The zero-order chi connectivity index (χ0) is 22.6. The zero-order valence-corrected chi connectivity index (χ0v) is 19.1. The molecule has 3 unspecified atom stereocenters. The van der Waals surface area contributed by atoms with Crippen molar-refractivity contribution in [1.29, 1.82) is 0 Å². The highest BCUT2D eigenvalue weighted by Gasteiger charge is 2.45. The van der Waals surface area contributed by atoms with Crippen molar-refractivity contribution in [2.24, 2.45) is 5.92 Å². The Bertz CT molecular complexity index is 997. The molecule has 1 aliphatic rings. The Morgan fingerprint density at radius 2 is 1.74 bits per heavy atom. The molecule has 0 saturated carbocycles. The molecule has 4 N–H and O–H groups in total. The van der Waals surface area contributed by atoms with Crippen LogP contribution in [0.3, 0.4) is 0 Å². The molecule has 0 aliphatic carbocycles. The SMILES string of the molecule is CC(C)Oc1ccc(CNC(=O)C2C(C)NNC2S(=O)(=O)Nc2ccc(Cl)cc2)cc1. The van der Waals surface area contributed by atoms with Gasteiger partial charge in [0.2, 0.25) is 5.91 Å². The van der Waals surface area contributed by atoms with Gasteiger partial charge in [0, 0.05) is 23.3 Å². The normalized spacial score (nSPS) is 21.1. The second-order valence-electron chi connectivity index (χ2n) is 7.71. The molecule has 1 aliphatic heterocycles. The van der Waals surface area contributed by atoms with Crippen LogP contribution in [0.1, 0.15) is 26.3 Å². The molecular weight excluding hydrogens is 440 g/mol. The van der Waals surface area contributed by atoms with Crippen LogP contribution in [0, 0.1) is 5.92 Å². The van der Waals surface area contributed by atoms with E-state index in [0.717, 1.165) is 11.3 Å². The number of hydrogen-bond donors (Lipinski definition) is 4. The second-order valence-corrected chi connectivity index (χ2v) is 9.94. The average molecular weight is 467 g/mol. The summed E-state index contributed by atoms with van der Waals surface area (Å²) in [6, 6.07) is 13.3. The number of ether oxygens (including phenoxy) is 1. The fraction of sp³-hybridized carbons (Fsp3) is 0.381. The smallest absolute Gasteiger partial charge is 0.250 e. The van der Waals surface area contributed by atoms with Crippen LogP contribution in [-0.4, -0.2) is 31.8 Å². The number of hydrazine groups is 1. The van der Waals surface area contributed by atoms with Gasteiger partial charge in [0.25, 0.3) is 10.0 Å². The van der Waals surface area contributed by atoms with Gasteiger partial charge in [-0.15, -0.1) is 0 Å². The number of carbonyl (C=O) groups excluding carboxylic acids is 1. The summed E-state index contributed by atoms with van der Waals surface area (Å²) >= 11 is 5.85. The molecule has 0 spiro atoms. The molecule has 0 aromatic heterocycles. The molecule has 3 rings (SSSR count). The third-order valence-corrected chi connectivity index (χ3v) is 6.67. The number of amides is 1. The van der Waals surface area contributed by atoms with Gasteiger partial charge in [-0.05, 0) is 62.7 Å². The second kappa shape index (κ2) is 9.86. The largest absolute Gasteiger partial charge is 0.491 e. The van der Waals surface area contributed by atoms with Gasteiger partial charge >= 0.3 is 0 Å². The summed E-state index contributed by atoms with van der Waals surface area (Å²) in [6.07, 6.45) is 0.0785. The molecule has 8 nitrogen and oxygen atoms in total. The van der Waals surface area contributed by atoms with Gasteiger partial charge in [0.15, 0.2) is 5.37 Å². The van der Waals surface area contributed by atoms with Crippen LogP contribution in [0.15, 0.2) is 48.5 Å². The fourth-order valence-corrected chi connectivity index (χ4v) is 4.99. The molecule has 1 fully saturated rings. The maximum atomic E-state index is 12.9. The van der Waals surface area contributed by atoms with Gasteiger partial charge in [-0.1, -0.05) is 23.7 Å². The molecule has 1 heterocycles. The van der Waals surface area contributed by atoms with Crippen molar-refractivity contribution in [2.45, 2.75) is 44.8 Å². The van der Waals surface area contributed by atoms with Gasteiger partial charge < -0.3 is 10.1 Å². The van der Waals surface area contributed by atoms with Gasteiger partial charge in [0.1, 0.15) is 5.75 Å². The summed E-state index contributed by atoms with van der Waals surface area (Å²) in [5, 5.41) is 2.20. The molecule has 2 aromatic carbocycles. The Hall–Kier alpha value is -2.33. The summed E-state index contributed by atoms with van der Waals surface area (Å²) in [5.74, 6) is -0.436. The molecule has 10 heteroatoms. The number of sulfonamides is 1. The van der Waals surface area contributed by atoms with Gasteiger partial charge in [-0.25, -0.2) is 13.8 Å². The predicted molar refractivity (Wildman–Crippen MR) is 121 cm³/mol. The highest BCUT2D eigenvalue weighted by Crippen LogP contribution is 2.23. The van der Waals surface area contributed by atoms with E-state index in [4.69, 9.17) is 16.3 Å². The Balaban J connectivity index is 1.65. The zero-order valence-electron chi connectivity index (χ0n) is 17.6. The first kappa shape index (κ1) is 23.3. The van der Waals surface area contributed by atoms with E-state index in [1.807, 2.05) is 38.1 Å². The van der Waals surface area contributed by atoms with Crippen LogP contribution in [0.5, 0.6) is 5.75 Å². The van der Waals surface area contributed by atoms with E-state index in [1.165, 1.54) is 0 Å². The van der Waals surface area contributed by atoms with Crippen molar-refractivity contribution in [2.75, 3.05) is 4.72 Å². The number of nitrogens with one attached hydrogen (secondary N) is 4. The van der Waals surface area contributed by atoms with Crippen molar-refractivity contribution in [3.8, 4) is 5.75 Å². The number of rotatable bonds is 8. The average Bonchev–Trinajstić information content (AvgIpc) is 3.11. The van der Waals surface area contributed by atoms with E-state index in [-0.39, 0.29) is 24.6 Å². The van der Waals surface area contributed by atoms with Crippen LogP contribution in [-0.2, 0) is 21.4 Å². The van der Waals surface area contributed by atoms with Gasteiger partial charge in [-0.3, -0.25) is 14.9 Å². The van der Waals surface area contributed by atoms with Gasteiger partial charge in [0.05, 0.1) is 12.0 Å². The Kier molecular flexibility index (Phi) is 7.42. The predicted octanol–water partition coefficient (Wildman–Crippen LogP) is 2.62. The van der Waals surface area contributed by atoms with E-state index < -0.39 is 21.3 Å². The first-order valence-electron chi connectivity index (χ1n) is 9.97. The van der Waals surface area contributed by atoms with E-state index in [2.05, 4.69) is 20.9 Å². The maximum absolute atomic E-state index is 12.9. The van der Waals surface area contributed by atoms with Crippen LogP contribution < -0.4 is 25.6 Å². The summed E-state index contributed by atoms with van der Waals surface area (Å²) in [4.78, 5) is 12.9. The van der Waals surface area contributed by atoms with E-state index in [0.29, 0.717) is 10.7 Å². The fourth-order valence-electron chi connectivity index (χ4n) is 3.30. The first-order chi connectivity index (χ1) is 14.7. The molecule has 168 valence electrons. The lowest BCUT2D eigenvalue weighted by Crippen LogP contribution is -2.47. The minimum atomic E-state index is -3.90. The summed E-state index contributed by atoms with van der Waals surface area (Å²) in [5.41, 5.74) is 6.84.